The molecule has 0 radical (unpaired) electrons. The summed E-state index contributed by atoms with van der Waals surface area (Å²) in [6.45, 7) is 0. The van der Waals surface area contributed by atoms with Gasteiger partial charge in [0, 0.05) is 16.8 Å². The number of fused-ring (bicyclic) bond motifs is 5. The van der Waals surface area contributed by atoms with Gasteiger partial charge in [0.1, 0.15) is 0 Å². The summed E-state index contributed by atoms with van der Waals surface area (Å²) in [5.41, 5.74) is 9.96. The van der Waals surface area contributed by atoms with E-state index < -0.39 is 0 Å². The highest BCUT2D eigenvalue weighted by molar-refractivity contribution is 6.13. The molecular weight excluding hydrogens is 639 g/mol. The van der Waals surface area contributed by atoms with Crippen LogP contribution in [0.1, 0.15) is 43.6 Å². The van der Waals surface area contributed by atoms with E-state index in [1.165, 1.54) is 109 Å². The third-order valence-corrected chi connectivity index (χ3v) is 11.6. The van der Waals surface area contributed by atoms with Crippen molar-refractivity contribution in [3.8, 4) is 22.3 Å². The molecule has 0 heterocycles. The van der Waals surface area contributed by atoms with Gasteiger partial charge in [0.25, 0.3) is 0 Å². The van der Waals surface area contributed by atoms with Crippen molar-refractivity contribution in [1.29, 1.82) is 0 Å². The summed E-state index contributed by atoms with van der Waals surface area (Å²) in [5, 5.41) is 10.3. The van der Waals surface area contributed by atoms with E-state index in [9.17, 15) is 0 Å². The predicted molar refractivity (Wildman–Crippen MR) is 228 cm³/mol. The molecule has 0 bridgehead atoms. The van der Waals surface area contributed by atoms with Crippen molar-refractivity contribution in [2.45, 2.75) is 38.0 Å². The van der Waals surface area contributed by atoms with E-state index >= 15 is 0 Å². The van der Waals surface area contributed by atoms with Gasteiger partial charge in [0.15, 0.2) is 0 Å². The van der Waals surface area contributed by atoms with E-state index in [-0.39, 0.29) is 0 Å². The van der Waals surface area contributed by atoms with Crippen molar-refractivity contribution < 1.29 is 0 Å². The van der Waals surface area contributed by atoms with E-state index in [1.54, 1.807) is 0 Å². The first-order chi connectivity index (χ1) is 26.3. The molecule has 0 aliphatic heterocycles. The Morgan fingerprint density at radius 2 is 0.925 bits per heavy atom. The number of benzene rings is 9. The fourth-order valence-electron chi connectivity index (χ4n) is 9.14. The minimum absolute atomic E-state index is 0.598. The third-order valence-electron chi connectivity index (χ3n) is 11.6. The second kappa shape index (κ2) is 13.4. The second-order valence-corrected chi connectivity index (χ2v) is 14.7. The SMILES string of the molecule is c1ccc(N(c2ccc3ccccc3c2)c2ccccc2-c2cccc3cccc(C4CCCCC4)c23)c(-c2cccc3c2ccc2ccccc23)c1. The van der Waals surface area contributed by atoms with Crippen LogP contribution in [0.25, 0.3) is 65.3 Å². The standard InChI is InChI=1S/C52H41N/c1-2-16-37(17-3-1)43-25-12-20-39-21-13-28-49(52(39)43)48-24-9-11-30-51(48)53(41-33-31-36-15-4-5-19-40(36)35-41)50-29-10-8-23-47(50)45-27-14-26-44-42-22-7-6-18-38(42)32-34-46(44)45/h4-15,18-35,37H,1-3,16-17H2. The summed E-state index contributed by atoms with van der Waals surface area (Å²) < 4.78 is 0. The molecular formula is C52H41N. The average molecular weight is 680 g/mol. The molecule has 0 aromatic heterocycles. The molecule has 0 unspecified atom stereocenters. The third kappa shape index (κ3) is 5.56. The molecule has 1 saturated carbocycles. The molecule has 1 aliphatic carbocycles. The molecule has 9 aromatic carbocycles. The Bertz CT molecular complexity index is 2780. The van der Waals surface area contributed by atoms with E-state index in [0.29, 0.717) is 5.92 Å². The Morgan fingerprint density at radius 1 is 0.358 bits per heavy atom. The van der Waals surface area contributed by atoms with Gasteiger partial charge < -0.3 is 4.90 Å². The highest BCUT2D eigenvalue weighted by Gasteiger charge is 2.24. The van der Waals surface area contributed by atoms with Gasteiger partial charge in [0.05, 0.1) is 11.4 Å². The molecule has 10 rings (SSSR count). The van der Waals surface area contributed by atoms with Crippen molar-refractivity contribution in [1.82, 2.24) is 0 Å². The average Bonchev–Trinajstić information content (AvgIpc) is 3.24. The molecule has 254 valence electrons. The normalized spacial score (nSPS) is 13.6. The summed E-state index contributed by atoms with van der Waals surface area (Å²) in [6, 6.07) is 67.6. The van der Waals surface area contributed by atoms with Crippen LogP contribution < -0.4 is 4.90 Å². The summed E-state index contributed by atoms with van der Waals surface area (Å²) in [6.07, 6.45) is 6.52. The maximum absolute atomic E-state index is 2.51. The van der Waals surface area contributed by atoms with Gasteiger partial charge in [-0.25, -0.2) is 0 Å². The smallest absolute Gasteiger partial charge is 0.0540 e. The topological polar surface area (TPSA) is 3.24 Å². The zero-order chi connectivity index (χ0) is 35.1. The lowest BCUT2D eigenvalue weighted by Crippen LogP contribution is -2.13. The zero-order valence-electron chi connectivity index (χ0n) is 29.9. The molecule has 0 atom stereocenters. The fraction of sp³-hybridized carbons (Fsp3) is 0.115. The zero-order valence-corrected chi connectivity index (χ0v) is 29.9. The van der Waals surface area contributed by atoms with E-state index in [2.05, 4.69) is 187 Å². The molecule has 1 aliphatic rings. The fourth-order valence-corrected chi connectivity index (χ4v) is 9.14. The van der Waals surface area contributed by atoms with Gasteiger partial charge in [-0.15, -0.1) is 0 Å². The molecule has 0 saturated heterocycles. The van der Waals surface area contributed by atoms with Crippen LogP contribution in [0.2, 0.25) is 0 Å². The molecule has 0 N–H and O–H groups in total. The van der Waals surface area contributed by atoms with Gasteiger partial charge >= 0.3 is 0 Å². The number of para-hydroxylation sites is 2. The molecule has 1 fully saturated rings. The Balaban J connectivity index is 1.24. The molecule has 53 heavy (non-hydrogen) atoms. The summed E-state index contributed by atoms with van der Waals surface area (Å²) in [7, 11) is 0. The van der Waals surface area contributed by atoms with Crippen LogP contribution in [-0.2, 0) is 0 Å². The van der Waals surface area contributed by atoms with Crippen LogP contribution in [0, 0.1) is 0 Å². The minimum atomic E-state index is 0.598. The van der Waals surface area contributed by atoms with Crippen LogP contribution in [-0.4, -0.2) is 0 Å². The largest absolute Gasteiger partial charge is 0.309 e. The Hall–Kier alpha value is -6.18. The summed E-state index contributed by atoms with van der Waals surface area (Å²) >= 11 is 0. The number of anilines is 3. The first-order valence-electron chi connectivity index (χ1n) is 19.2. The Labute approximate surface area is 311 Å². The first-order valence-corrected chi connectivity index (χ1v) is 19.2. The van der Waals surface area contributed by atoms with Crippen molar-refractivity contribution >= 4 is 60.2 Å². The van der Waals surface area contributed by atoms with Crippen molar-refractivity contribution in [2.24, 2.45) is 0 Å². The number of hydrogen-bond acceptors (Lipinski definition) is 1. The van der Waals surface area contributed by atoms with Gasteiger partial charge in [-0.3, -0.25) is 0 Å². The van der Waals surface area contributed by atoms with Gasteiger partial charge in [-0.05, 0) is 103 Å². The number of rotatable bonds is 6. The second-order valence-electron chi connectivity index (χ2n) is 14.7. The van der Waals surface area contributed by atoms with E-state index in [0.717, 1.165) is 11.4 Å². The van der Waals surface area contributed by atoms with Crippen molar-refractivity contribution in [2.75, 3.05) is 4.90 Å². The van der Waals surface area contributed by atoms with Crippen LogP contribution in [0.4, 0.5) is 17.1 Å². The first kappa shape index (κ1) is 31.5. The molecule has 1 nitrogen and oxygen atoms in total. The Kier molecular flexibility index (Phi) is 7.99. The van der Waals surface area contributed by atoms with Crippen LogP contribution >= 0.6 is 0 Å². The highest BCUT2D eigenvalue weighted by Crippen LogP contribution is 2.48. The van der Waals surface area contributed by atoms with Gasteiger partial charge in [0.2, 0.25) is 0 Å². The highest BCUT2D eigenvalue weighted by atomic mass is 15.1. The molecule has 1 heteroatoms. The van der Waals surface area contributed by atoms with Crippen LogP contribution in [0.3, 0.4) is 0 Å². The van der Waals surface area contributed by atoms with Crippen molar-refractivity contribution in [3.63, 3.8) is 0 Å². The predicted octanol–water partition coefficient (Wildman–Crippen LogP) is 15.2. The molecule has 9 aromatic rings. The lowest BCUT2D eigenvalue weighted by molar-refractivity contribution is 0.445. The summed E-state index contributed by atoms with van der Waals surface area (Å²) in [4.78, 5) is 2.51. The van der Waals surface area contributed by atoms with Crippen molar-refractivity contribution in [3.05, 3.63) is 188 Å². The number of nitrogens with zero attached hydrogens (tertiary/aromatic N) is 1. The molecule has 0 amide bonds. The monoisotopic (exact) mass is 679 g/mol. The number of hydrogen-bond donors (Lipinski definition) is 0. The maximum Gasteiger partial charge on any atom is 0.0540 e. The van der Waals surface area contributed by atoms with Crippen LogP contribution in [0.15, 0.2) is 182 Å². The quantitative estimate of drug-likeness (QED) is 0.158. The van der Waals surface area contributed by atoms with Crippen LogP contribution in [0.5, 0.6) is 0 Å². The van der Waals surface area contributed by atoms with E-state index in [1.807, 2.05) is 0 Å². The maximum atomic E-state index is 2.51. The molecule has 0 spiro atoms. The lowest BCUT2D eigenvalue weighted by atomic mass is 9.80. The lowest BCUT2D eigenvalue weighted by Gasteiger charge is -2.31. The van der Waals surface area contributed by atoms with Gasteiger partial charge in [-0.1, -0.05) is 177 Å². The minimum Gasteiger partial charge on any atom is -0.309 e. The van der Waals surface area contributed by atoms with E-state index in [4.69, 9.17) is 0 Å². The Morgan fingerprint density at radius 3 is 1.74 bits per heavy atom. The van der Waals surface area contributed by atoms with Gasteiger partial charge in [-0.2, -0.15) is 0 Å². The summed E-state index contributed by atoms with van der Waals surface area (Å²) in [5.74, 6) is 0.598.